The van der Waals surface area contributed by atoms with Gasteiger partial charge in [-0.3, -0.25) is 4.79 Å². The van der Waals surface area contributed by atoms with E-state index in [-0.39, 0.29) is 11.7 Å². The number of carbonyl (C=O) groups is 1. The normalized spacial score (nSPS) is 10.2. The summed E-state index contributed by atoms with van der Waals surface area (Å²) < 4.78 is 11.3. The van der Waals surface area contributed by atoms with E-state index in [2.05, 4.69) is 11.4 Å². The second-order valence-electron chi connectivity index (χ2n) is 6.00. The number of benzene rings is 2. The molecule has 0 unspecified atom stereocenters. The van der Waals surface area contributed by atoms with Crippen LogP contribution in [0.15, 0.2) is 65.1 Å². The average Bonchev–Trinajstić information content (AvgIpc) is 3.18. The van der Waals surface area contributed by atoms with Gasteiger partial charge in [0.25, 0.3) is 5.91 Å². The number of rotatable bonds is 7. The maximum absolute atomic E-state index is 12.4. The van der Waals surface area contributed by atoms with Crippen LogP contribution in [0.4, 0.5) is 5.69 Å². The molecular weight excluding hydrogens is 340 g/mol. The first-order valence-electron chi connectivity index (χ1n) is 8.76. The van der Waals surface area contributed by atoms with Crippen molar-refractivity contribution in [3.05, 3.63) is 83.3 Å². The highest BCUT2D eigenvalue weighted by Crippen LogP contribution is 2.20. The maximum Gasteiger partial charge on any atom is 0.291 e. The molecule has 3 aromatic rings. The molecule has 0 bridgehead atoms. The van der Waals surface area contributed by atoms with E-state index >= 15 is 0 Å². The van der Waals surface area contributed by atoms with Crippen molar-refractivity contribution in [2.75, 3.05) is 5.32 Å². The molecule has 5 heteroatoms. The molecule has 0 saturated heterocycles. The number of carbonyl (C=O) groups excluding carboxylic acids is 1. The number of nitriles is 1. The van der Waals surface area contributed by atoms with E-state index < -0.39 is 0 Å². The van der Waals surface area contributed by atoms with Crippen LogP contribution in [0, 0.1) is 11.3 Å². The number of furan rings is 1. The van der Waals surface area contributed by atoms with Gasteiger partial charge in [-0.05, 0) is 35.9 Å². The van der Waals surface area contributed by atoms with Crippen LogP contribution >= 0.6 is 0 Å². The van der Waals surface area contributed by atoms with Crippen LogP contribution in [-0.2, 0) is 19.4 Å². The first kappa shape index (κ1) is 18.3. The van der Waals surface area contributed by atoms with Gasteiger partial charge >= 0.3 is 0 Å². The molecule has 0 radical (unpaired) electrons. The molecule has 1 aromatic heterocycles. The molecule has 1 N–H and O–H groups in total. The fourth-order valence-electron chi connectivity index (χ4n) is 2.60. The summed E-state index contributed by atoms with van der Waals surface area (Å²) in [5, 5.41) is 11.6. The topological polar surface area (TPSA) is 75.3 Å². The van der Waals surface area contributed by atoms with Crippen LogP contribution in [0.5, 0.6) is 5.75 Å². The molecule has 0 aliphatic heterocycles. The van der Waals surface area contributed by atoms with Crippen molar-refractivity contribution in [2.24, 2.45) is 0 Å². The monoisotopic (exact) mass is 360 g/mol. The summed E-state index contributed by atoms with van der Waals surface area (Å²) in [6, 6.07) is 20.5. The minimum Gasteiger partial charge on any atom is -0.489 e. The van der Waals surface area contributed by atoms with Crippen molar-refractivity contribution in [1.29, 1.82) is 5.26 Å². The third-order valence-electron chi connectivity index (χ3n) is 4.10. The predicted octanol–water partition coefficient (Wildman–Crippen LogP) is 4.74. The number of amides is 1. The molecule has 1 amide bonds. The zero-order valence-corrected chi connectivity index (χ0v) is 15.1. The average molecular weight is 360 g/mol. The number of anilines is 1. The minimum atomic E-state index is -0.289. The summed E-state index contributed by atoms with van der Waals surface area (Å²) in [5.74, 6) is 1.48. The van der Waals surface area contributed by atoms with Crippen LogP contribution in [0.3, 0.4) is 0 Å². The Morgan fingerprint density at radius 3 is 2.59 bits per heavy atom. The minimum absolute atomic E-state index is 0.288. The Labute approximate surface area is 158 Å². The largest absolute Gasteiger partial charge is 0.489 e. The predicted molar refractivity (Wildman–Crippen MR) is 103 cm³/mol. The molecule has 0 aliphatic carbocycles. The van der Waals surface area contributed by atoms with Gasteiger partial charge in [0.15, 0.2) is 5.76 Å². The molecule has 0 fully saturated rings. The van der Waals surface area contributed by atoms with Crippen molar-refractivity contribution >= 4 is 11.6 Å². The van der Waals surface area contributed by atoms with Crippen molar-refractivity contribution in [3.8, 4) is 11.8 Å². The van der Waals surface area contributed by atoms with E-state index in [1.807, 2.05) is 55.5 Å². The Bertz CT molecular complexity index is 952. The molecule has 0 aliphatic rings. The van der Waals surface area contributed by atoms with Crippen molar-refractivity contribution in [1.82, 2.24) is 0 Å². The lowest BCUT2D eigenvalue weighted by Gasteiger charge is -2.12. The Morgan fingerprint density at radius 2 is 1.89 bits per heavy atom. The fraction of sp³-hybridized carbons (Fsp3) is 0.182. The maximum atomic E-state index is 12.4. The van der Waals surface area contributed by atoms with Gasteiger partial charge in [0, 0.05) is 17.7 Å². The summed E-state index contributed by atoms with van der Waals surface area (Å²) in [7, 11) is 0. The van der Waals surface area contributed by atoms with Crippen molar-refractivity contribution in [3.63, 3.8) is 0 Å². The third kappa shape index (κ3) is 4.77. The zero-order chi connectivity index (χ0) is 19.1. The number of aryl methyl sites for hydroxylation is 1. The SMILES string of the molecule is CCc1ccc(C(=O)Nc2ccccc2COc2ccc(CC#N)cc2)o1. The lowest BCUT2D eigenvalue weighted by molar-refractivity contribution is 0.0995. The number of hydrogen-bond donors (Lipinski definition) is 1. The highest BCUT2D eigenvalue weighted by molar-refractivity contribution is 6.02. The van der Waals surface area contributed by atoms with Crippen LogP contribution in [0.2, 0.25) is 0 Å². The van der Waals surface area contributed by atoms with E-state index in [1.165, 1.54) is 0 Å². The molecule has 0 saturated carbocycles. The van der Waals surface area contributed by atoms with Crippen LogP contribution in [-0.4, -0.2) is 5.91 Å². The number of nitrogens with one attached hydrogen (secondary N) is 1. The second-order valence-corrected chi connectivity index (χ2v) is 6.00. The molecule has 1 heterocycles. The Morgan fingerprint density at radius 1 is 1.11 bits per heavy atom. The Hall–Kier alpha value is -3.52. The lowest BCUT2D eigenvalue weighted by Crippen LogP contribution is -2.13. The molecule has 27 heavy (non-hydrogen) atoms. The second kappa shape index (κ2) is 8.72. The highest BCUT2D eigenvalue weighted by Gasteiger charge is 2.13. The molecule has 0 atom stereocenters. The molecule has 136 valence electrons. The summed E-state index contributed by atoms with van der Waals surface area (Å²) in [5.41, 5.74) is 2.48. The smallest absolute Gasteiger partial charge is 0.291 e. The Balaban J connectivity index is 1.66. The van der Waals surface area contributed by atoms with Gasteiger partial charge in [-0.15, -0.1) is 0 Å². The van der Waals surface area contributed by atoms with Crippen molar-refractivity contribution < 1.29 is 13.9 Å². The third-order valence-corrected chi connectivity index (χ3v) is 4.10. The number of ether oxygens (including phenoxy) is 1. The molecule has 2 aromatic carbocycles. The molecule has 3 rings (SSSR count). The first-order valence-corrected chi connectivity index (χ1v) is 8.76. The van der Waals surface area contributed by atoms with E-state index in [1.54, 1.807) is 12.1 Å². The summed E-state index contributed by atoms with van der Waals surface area (Å²) >= 11 is 0. The standard InChI is InChI=1S/C22H20N2O3/c1-2-18-11-12-21(27-18)22(25)24-20-6-4-3-5-17(20)15-26-19-9-7-16(8-10-19)13-14-23/h3-12H,2,13,15H2,1H3,(H,24,25). The number of hydrogen-bond acceptors (Lipinski definition) is 4. The van der Waals surface area contributed by atoms with Gasteiger partial charge in [-0.2, -0.15) is 5.26 Å². The summed E-state index contributed by atoms with van der Waals surface area (Å²) in [4.78, 5) is 12.4. The van der Waals surface area contributed by atoms with E-state index in [9.17, 15) is 4.79 Å². The van der Waals surface area contributed by atoms with E-state index in [4.69, 9.17) is 14.4 Å². The van der Waals surface area contributed by atoms with Gasteiger partial charge in [-0.1, -0.05) is 37.3 Å². The van der Waals surface area contributed by atoms with Crippen LogP contribution in [0.25, 0.3) is 0 Å². The number of nitrogens with zero attached hydrogens (tertiary/aromatic N) is 1. The summed E-state index contributed by atoms with van der Waals surface area (Å²) in [6.45, 7) is 2.28. The zero-order valence-electron chi connectivity index (χ0n) is 15.1. The summed E-state index contributed by atoms with van der Waals surface area (Å²) in [6.07, 6.45) is 1.12. The molecular formula is C22H20N2O3. The van der Waals surface area contributed by atoms with Crippen molar-refractivity contribution in [2.45, 2.75) is 26.4 Å². The van der Waals surface area contributed by atoms with Gasteiger partial charge in [0.05, 0.1) is 12.5 Å². The van der Waals surface area contributed by atoms with E-state index in [0.29, 0.717) is 24.5 Å². The van der Waals surface area contributed by atoms with E-state index in [0.717, 1.165) is 23.3 Å². The molecule has 5 nitrogen and oxygen atoms in total. The van der Waals surface area contributed by atoms with Gasteiger partial charge < -0.3 is 14.5 Å². The van der Waals surface area contributed by atoms with Crippen LogP contribution < -0.4 is 10.1 Å². The lowest BCUT2D eigenvalue weighted by atomic mass is 10.1. The van der Waals surface area contributed by atoms with Gasteiger partial charge in [0.1, 0.15) is 18.1 Å². The quantitative estimate of drug-likeness (QED) is 0.660. The fourth-order valence-corrected chi connectivity index (χ4v) is 2.60. The molecule has 0 spiro atoms. The number of para-hydroxylation sites is 1. The van der Waals surface area contributed by atoms with Gasteiger partial charge in [0.2, 0.25) is 0 Å². The highest BCUT2D eigenvalue weighted by atomic mass is 16.5. The van der Waals surface area contributed by atoms with Crippen LogP contribution in [0.1, 0.15) is 34.4 Å². The first-order chi connectivity index (χ1) is 13.2. The van der Waals surface area contributed by atoms with Gasteiger partial charge in [-0.25, -0.2) is 0 Å². The Kier molecular flexibility index (Phi) is 5.91.